The van der Waals surface area contributed by atoms with Gasteiger partial charge in [-0.2, -0.15) is 0 Å². The first kappa shape index (κ1) is 11.3. The summed E-state index contributed by atoms with van der Waals surface area (Å²) in [6, 6.07) is 0.422. The van der Waals surface area contributed by atoms with Crippen molar-refractivity contribution in [3.05, 3.63) is 0 Å². The van der Waals surface area contributed by atoms with Gasteiger partial charge in [0.1, 0.15) is 0 Å². The van der Waals surface area contributed by atoms with E-state index < -0.39 is 0 Å². The Labute approximate surface area is 94.0 Å². The fourth-order valence-corrected chi connectivity index (χ4v) is 2.81. The third-order valence-corrected chi connectivity index (χ3v) is 4.16. The number of amides is 1. The number of hydrogen-bond acceptors (Lipinski definition) is 1. The molecule has 0 saturated heterocycles. The maximum Gasteiger partial charge on any atom is 0.217 e. The van der Waals surface area contributed by atoms with Crippen LogP contribution in [0.1, 0.15) is 33.1 Å². The van der Waals surface area contributed by atoms with E-state index in [9.17, 15) is 4.79 Å². The highest BCUT2D eigenvalue weighted by molar-refractivity contribution is 14.1. The topological polar surface area (TPSA) is 29.1 Å². The summed E-state index contributed by atoms with van der Waals surface area (Å²) in [5.41, 5.74) is 0. The standard InChI is InChI=1S/C10H18INO/c1-7-3-4-9(6-11)5-10(7)12-8(2)13/h7,9-10H,3-6H2,1-2H3,(H,12,13). The highest BCUT2D eigenvalue weighted by Crippen LogP contribution is 2.29. The molecule has 1 saturated carbocycles. The highest BCUT2D eigenvalue weighted by atomic mass is 127. The average Bonchev–Trinajstić information content (AvgIpc) is 2.08. The second-order valence-corrected chi connectivity index (χ2v) is 5.00. The van der Waals surface area contributed by atoms with E-state index in [1.807, 2.05) is 0 Å². The number of carbonyl (C=O) groups is 1. The summed E-state index contributed by atoms with van der Waals surface area (Å²) in [5.74, 6) is 1.59. The van der Waals surface area contributed by atoms with Gasteiger partial charge in [-0.05, 0) is 31.1 Å². The molecule has 1 N–H and O–H groups in total. The fourth-order valence-electron chi connectivity index (χ4n) is 2.01. The molecule has 3 unspecified atom stereocenters. The monoisotopic (exact) mass is 295 g/mol. The summed E-state index contributed by atoms with van der Waals surface area (Å²) in [7, 11) is 0. The van der Waals surface area contributed by atoms with Gasteiger partial charge in [-0.25, -0.2) is 0 Å². The minimum Gasteiger partial charge on any atom is -0.353 e. The van der Waals surface area contributed by atoms with Crippen molar-refractivity contribution in [3.8, 4) is 0 Å². The van der Waals surface area contributed by atoms with Crippen LogP contribution in [0, 0.1) is 11.8 Å². The van der Waals surface area contributed by atoms with Crippen LogP contribution >= 0.6 is 22.6 Å². The first-order chi connectivity index (χ1) is 6.13. The average molecular weight is 295 g/mol. The molecule has 1 rings (SSSR count). The van der Waals surface area contributed by atoms with Crippen LogP contribution in [0.25, 0.3) is 0 Å². The molecule has 0 aromatic carbocycles. The Kier molecular flexibility index (Phi) is 4.49. The van der Waals surface area contributed by atoms with Gasteiger partial charge >= 0.3 is 0 Å². The summed E-state index contributed by atoms with van der Waals surface area (Å²) in [6.07, 6.45) is 3.77. The molecule has 2 nitrogen and oxygen atoms in total. The molecule has 0 aliphatic heterocycles. The predicted molar refractivity (Wildman–Crippen MR) is 63.0 cm³/mol. The molecule has 1 aliphatic carbocycles. The first-order valence-electron chi connectivity index (χ1n) is 4.96. The zero-order chi connectivity index (χ0) is 9.84. The van der Waals surface area contributed by atoms with Crippen LogP contribution < -0.4 is 5.32 Å². The lowest BCUT2D eigenvalue weighted by molar-refractivity contribution is -0.120. The SMILES string of the molecule is CC(=O)NC1CC(CI)CCC1C. The van der Waals surface area contributed by atoms with Crippen LogP contribution in [-0.2, 0) is 4.79 Å². The van der Waals surface area contributed by atoms with Crippen molar-refractivity contribution in [2.75, 3.05) is 4.43 Å². The van der Waals surface area contributed by atoms with Crippen molar-refractivity contribution in [2.24, 2.45) is 11.8 Å². The molecule has 0 bridgehead atoms. The maximum atomic E-state index is 10.9. The molecule has 13 heavy (non-hydrogen) atoms. The molecule has 1 aliphatic rings. The summed E-state index contributed by atoms with van der Waals surface area (Å²) < 4.78 is 1.22. The third-order valence-electron chi connectivity index (χ3n) is 2.91. The maximum absolute atomic E-state index is 10.9. The Hall–Kier alpha value is 0.200. The van der Waals surface area contributed by atoms with Gasteiger partial charge in [0.15, 0.2) is 0 Å². The summed E-state index contributed by atoms with van der Waals surface area (Å²) in [6.45, 7) is 3.85. The molecule has 3 heteroatoms. The summed E-state index contributed by atoms with van der Waals surface area (Å²) in [5, 5.41) is 3.05. The molecule has 0 spiro atoms. The van der Waals surface area contributed by atoms with Gasteiger partial charge in [0, 0.05) is 17.4 Å². The van der Waals surface area contributed by atoms with Crippen molar-refractivity contribution in [3.63, 3.8) is 0 Å². The smallest absolute Gasteiger partial charge is 0.217 e. The number of alkyl halides is 1. The van der Waals surface area contributed by atoms with Gasteiger partial charge in [-0.15, -0.1) is 0 Å². The number of halogens is 1. The molecule has 0 radical (unpaired) electrons. The molecule has 1 amide bonds. The second-order valence-electron chi connectivity index (χ2n) is 4.12. The van der Waals surface area contributed by atoms with Crippen LogP contribution in [-0.4, -0.2) is 16.4 Å². The predicted octanol–water partition coefficient (Wildman–Crippen LogP) is 2.36. The second kappa shape index (κ2) is 5.17. The molecule has 1 fully saturated rings. The molecular formula is C10H18INO. The summed E-state index contributed by atoms with van der Waals surface area (Å²) in [4.78, 5) is 10.9. The number of hydrogen-bond donors (Lipinski definition) is 1. The number of rotatable bonds is 2. The van der Waals surface area contributed by atoms with E-state index in [4.69, 9.17) is 0 Å². The number of nitrogens with one attached hydrogen (secondary N) is 1. The Morgan fingerprint density at radius 1 is 1.54 bits per heavy atom. The third kappa shape index (κ3) is 3.44. The molecule has 3 atom stereocenters. The lowest BCUT2D eigenvalue weighted by Gasteiger charge is -2.33. The van der Waals surface area contributed by atoms with Crippen LogP contribution in [0.5, 0.6) is 0 Å². The van der Waals surface area contributed by atoms with Gasteiger partial charge < -0.3 is 5.32 Å². The molecule has 0 aromatic rings. The largest absolute Gasteiger partial charge is 0.353 e. The molecule has 0 heterocycles. The van der Waals surface area contributed by atoms with E-state index in [1.165, 1.54) is 23.7 Å². The lowest BCUT2D eigenvalue weighted by atomic mass is 9.80. The Morgan fingerprint density at radius 3 is 2.77 bits per heavy atom. The van der Waals surface area contributed by atoms with Gasteiger partial charge in [-0.1, -0.05) is 29.5 Å². The summed E-state index contributed by atoms with van der Waals surface area (Å²) >= 11 is 2.44. The van der Waals surface area contributed by atoms with Crippen molar-refractivity contribution in [1.29, 1.82) is 0 Å². The van der Waals surface area contributed by atoms with Crippen molar-refractivity contribution in [1.82, 2.24) is 5.32 Å². The Balaban J connectivity index is 2.44. The lowest BCUT2D eigenvalue weighted by Crippen LogP contribution is -2.42. The highest BCUT2D eigenvalue weighted by Gasteiger charge is 2.27. The van der Waals surface area contributed by atoms with E-state index in [1.54, 1.807) is 6.92 Å². The van der Waals surface area contributed by atoms with Gasteiger partial charge in [0.05, 0.1) is 0 Å². The minimum atomic E-state index is 0.117. The zero-order valence-electron chi connectivity index (χ0n) is 8.35. The van der Waals surface area contributed by atoms with Gasteiger partial charge in [0.2, 0.25) is 5.91 Å². The van der Waals surface area contributed by atoms with Crippen LogP contribution in [0.3, 0.4) is 0 Å². The fraction of sp³-hybridized carbons (Fsp3) is 0.900. The normalized spacial score (nSPS) is 34.2. The van der Waals surface area contributed by atoms with Crippen LogP contribution in [0.2, 0.25) is 0 Å². The van der Waals surface area contributed by atoms with Crippen molar-refractivity contribution >= 4 is 28.5 Å². The Bertz CT molecular complexity index is 184. The van der Waals surface area contributed by atoms with E-state index in [0.29, 0.717) is 12.0 Å². The minimum absolute atomic E-state index is 0.117. The van der Waals surface area contributed by atoms with Crippen molar-refractivity contribution < 1.29 is 4.79 Å². The molecule has 0 aromatic heterocycles. The molecule has 76 valence electrons. The quantitative estimate of drug-likeness (QED) is 0.615. The van der Waals surface area contributed by atoms with E-state index >= 15 is 0 Å². The van der Waals surface area contributed by atoms with Crippen LogP contribution in [0.15, 0.2) is 0 Å². The first-order valence-corrected chi connectivity index (χ1v) is 6.49. The van der Waals surface area contributed by atoms with E-state index in [-0.39, 0.29) is 5.91 Å². The Morgan fingerprint density at radius 2 is 2.23 bits per heavy atom. The van der Waals surface area contributed by atoms with Crippen molar-refractivity contribution in [2.45, 2.75) is 39.2 Å². The number of carbonyl (C=O) groups excluding carboxylic acids is 1. The van der Waals surface area contributed by atoms with E-state index in [0.717, 1.165) is 5.92 Å². The van der Waals surface area contributed by atoms with Gasteiger partial charge in [-0.3, -0.25) is 4.79 Å². The molecular weight excluding hydrogens is 277 g/mol. The van der Waals surface area contributed by atoms with E-state index in [2.05, 4.69) is 34.8 Å². The zero-order valence-corrected chi connectivity index (χ0v) is 10.5. The van der Waals surface area contributed by atoms with Gasteiger partial charge in [0.25, 0.3) is 0 Å². The van der Waals surface area contributed by atoms with Crippen LogP contribution in [0.4, 0.5) is 0 Å².